The number of halogens is 1. The summed E-state index contributed by atoms with van der Waals surface area (Å²) in [5.74, 6) is 0.831. The summed E-state index contributed by atoms with van der Waals surface area (Å²) in [7, 11) is 1.60. The van der Waals surface area contributed by atoms with Crippen molar-refractivity contribution in [2.45, 2.75) is 39.5 Å². The van der Waals surface area contributed by atoms with Crippen LogP contribution in [0.1, 0.15) is 39.5 Å². The molecule has 0 spiro atoms. The molecule has 106 valence electrons. The van der Waals surface area contributed by atoms with Crippen LogP contribution >= 0.6 is 15.9 Å². The highest BCUT2D eigenvalue weighted by Crippen LogP contribution is 2.28. The molecule has 0 radical (unpaired) electrons. The van der Waals surface area contributed by atoms with Crippen LogP contribution in [0.4, 0.5) is 5.69 Å². The monoisotopic (exact) mass is 327 g/mol. The van der Waals surface area contributed by atoms with Crippen LogP contribution in [0, 0.1) is 5.92 Å². The predicted molar refractivity (Wildman–Crippen MR) is 82.6 cm³/mol. The lowest BCUT2D eigenvalue weighted by Gasteiger charge is -2.16. The third-order valence-corrected chi connectivity index (χ3v) is 3.68. The van der Waals surface area contributed by atoms with Crippen molar-refractivity contribution in [3.63, 3.8) is 0 Å². The quantitative estimate of drug-likeness (QED) is 0.793. The number of ether oxygens (including phenoxy) is 1. The van der Waals surface area contributed by atoms with Crippen LogP contribution in [0.5, 0.6) is 5.75 Å². The van der Waals surface area contributed by atoms with Crippen molar-refractivity contribution >= 4 is 27.5 Å². The highest BCUT2D eigenvalue weighted by Gasteiger charge is 2.17. The molecule has 1 unspecified atom stereocenters. The van der Waals surface area contributed by atoms with E-state index in [0.29, 0.717) is 5.75 Å². The van der Waals surface area contributed by atoms with Gasteiger partial charge in [-0.05, 0) is 31.0 Å². The molecule has 1 amide bonds. The van der Waals surface area contributed by atoms with Crippen LogP contribution < -0.4 is 10.1 Å². The second-order valence-corrected chi connectivity index (χ2v) is 5.50. The molecule has 0 fully saturated rings. The SMILES string of the molecule is CCCCC(CC)C(=O)Nc1cc(Br)ccc1OC. The Morgan fingerprint density at radius 3 is 2.74 bits per heavy atom. The molecule has 0 saturated carbocycles. The van der Waals surface area contributed by atoms with Crippen molar-refractivity contribution in [2.24, 2.45) is 5.92 Å². The Balaban J connectivity index is 2.77. The first-order valence-electron chi connectivity index (χ1n) is 6.76. The number of carbonyl (C=O) groups is 1. The third-order valence-electron chi connectivity index (χ3n) is 3.19. The van der Waals surface area contributed by atoms with E-state index in [1.54, 1.807) is 7.11 Å². The number of unbranched alkanes of at least 4 members (excludes halogenated alkanes) is 1. The van der Waals surface area contributed by atoms with Crippen LogP contribution in [-0.2, 0) is 4.79 Å². The van der Waals surface area contributed by atoms with Crippen LogP contribution in [0.25, 0.3) is 0 Å². The Hall–Kier alpha value is -1.03. The van der Waals surface area contributed by atoms with Crippen LogP contribution in [-0.4, -0.2) is 13.0 Å². The van der Waals surface area contributed by atoms with Gasteiger partial charge in [-0.1, -0.05) is 42.6 Å². The van der Waals surface area contributed by atoms with Gasteiger partial charge < -0.3 is 10.1 Å². The van der Waals surface area contributed by atoms with Crippen LogP contribution in [0.15, 0.2) is 22.7 Å². The summed E-state index contributed by atoms with van der Waals surface area (Å²) in [6, 6.07) is 5.60. The highest BCUT2D eigenvalue weighted by molar-refractivity contribution is 9.10. The fourth-order valence-corrected chi connectivity index (χ4v) is 2.34. The molecular formula is C15H22BrNO2. The van der Waals surface area contributed by atoms with Gasteiger partial charge in [-0.3, -0.25) is 4.79 Å². The minimum atomic E-state index is 0.0728. The number of methoxy groups -OCH3 is 1. The van der Waals surface area contributed by atoms with Crippen LogP contribution in [0.2, 0.25) is 0 Å². The van der Waals surface area contributed by atoms with Gasteiger partial charge in [0.1, 0.15) is 5.75 Å². The maximum Gasteiger partial charge on any atom is 0.227 e. The zero-order valence-electron chi connectivity index (χ0n) is 11.8. The normalized spacial score (nSPS) is 12.0. The largest absolute Gasteiger partial charge is 0.495 e. The molecule has 0 aromatic heterocycles. The van der Waals surface area contributed by atoms with E-state index >= 15 is 0 Å². The van der Waals surface area contributed by atoms with Crippen molar-refractivity contribution in [1.29, 1.82) is 0 Å². The first-order chi connectivity index (χ1) is 9.12. The molecule has 1 atom stereocenters. The van der Waals surface area contributed by atoms with Gasteiger partial charge in [-0.15, -0.1) is 0 Å². The molecule has 1 aromatic carbocycles. The molecule has 4 heteroatoms. The smallest absolute Gasteiger partial charge is 0.227 e. The van der Waals surface area contributed by atoms with Gasteiger partial charge in [0.05, 0.1) is 12.8 Å². The second kappa shape index (κ2) is 8.20. The van der Waals surface area contributed by atoms with E-state index in [4.69, 9.17) is 4.74 Å². The second-order valence-electron chi connectivity index (χ2n) is 4.58. The average Bonchev–Trinajstić information content (AvgIpc) is 2.40. The number of anilines is 1. The Morgan fingerprint density at radius 1 is 1.42 bits per heavy atom. The van der Waals surface area contributed by atoms with Crippen molar-refractivity contribution < 1.29 is 9.53 Å². The summed E-state index contributed by atoms with van der Waals surface area (Å²) in [4.78, 5) is 12.2. The van der Waals surface area contributed by atoms with E-state index in [2.05, 4.69) is 35.1 Å². The number of hydrogen-bond acceptors (Lipinski definition) is 2. The number of nitrogens with one attached hydrogen (secondary N) is 1. The fourth-order valence-electron chi connectivity index (χ4n) is 1.98. The number of benzene rings is 1. The van der Waals surface area contributed by atoms with E-state index < -0.39 is 0 Å². The van der Waals surface area contributed by atoms with Gasteiger partial charge in [-0.25, -0.2) is 0 Å². The lowest BCUT2D eigenvalue weighted by molar-refractivity contribution is -0.120. The first-order valence-corrected chi connectivity index (χ1v) is 7.56. The Kier molecular flexibility index (Phi) is 6.92. The van der Waals surface area contributed by atoms with Crippen molar-refractivity contribution in [1.82, 2.24) is 0 Å². The molecule has 0 aliphatic heterocycles. The van der Waals surface area contributed by atoms with Crippen molar-refractivity contribution in [3.8, 4) is 5.75 Å². The number of amides is 1. The van der Waals surface area contributed by atoms with Crippen LogP contribution in [0.3, 0.4) is 0 Å². The summed E-state index contributed by atoms with van der Waals surface area (Å²) in [6.45, 7) is 4.19. The highest BCUT2D eigenvalue weighted by atomic mass is 79.9. The lowest BCUT2D eigenvalue weighted by atomic mass is 9.98. The number of carbonyl (C=O) groups excluding carboxylic acids is 1. The van der Waals surface area contributed by atoms with Gasteiger partial charge in [0, 0.05) is 10.4 Å². The molecule has 19 heavy (non-hydrogen) atoms. The summed E-state index contributed by atoms with van der Waals surface area (Å²) >= 11 is 3.40. The van der Waals surface area contributed by atoms with Gasteiger partial charge in [0.25, 0.3) is 0 Å². The fraction of sp³-hybridized carbons (Fsp3) is 0.533. The summed E-state index contributed by atoms with van der Waals surface area (Å²) in [6.07, 6.45) is 4.00. The molecule has 1 N–H and O–H groups in total. The standard InChI is InChI=1S/C15H22BrNO2/c1-4-6-7-11(5-2)15(18)17-13-10-12(16)8-9-14(13)19-3/h8-11H,4-7H2,1-3H3,(H,17,18). The zero-order chi connectivity index (χ0) is 14.3. The van der Waals surface area contributed by atoms with E-state index in [1.165, 1.54) is 0 Å². The number of rotatable bonds is 7. The molecule has 0 heterocycles. The topological polar surface area (TPSA) is 38.3 Å². The molecule has 0 saturated heterocycles. The van der Waals surface area contributed by atoms with Gasteiger partial charge >= 0.3 is 0 Å². The van der Waals surface area contributed by atoms with Crippen molar-refractivity contribution in [2.75, 3.05) is 12.4 Å². The maximum atomic E-state index is 12.2. The molecule has 0 aliphatic carbocycles. The molecule has 0 aliphatic rings. The van der Waals surface area contributed by atoms with Gasteiger partial charge in [-0.2, -0.15) is 0 Å². The van der Waals surface area contributed by atoms with Gasteiger partial charge in [0.15, 0.2) is 0 Å². The molecule has 0 bridgehead atoms. The predicted octanol–water partition coefficient (Wildman–Crippen LogP) is 4.61. The van der Waals surface area contributed by atoms with E-state index in [1.807, 2.05) is 18.2 Å². The molecular weight excluding hydrogens is 306 g/mol. The molecule has 1 aromatic rings. The van der Waals surface area contributed by atoms with E-state index in [0.717, 1.165) is 35.8 Å². The van der Waals surface area contributed by atoms with E-state index in [-0.39, 0.29) is 11.8 Å². The van der Waals surface area contributed by atoms with E-state index in [9.17, 15) is 4.79 Å². The molecule has 3 nitrogen and oxygen atoms in total. The summed E-state index contributed by atoms with van der Waals surface area (Å²) in [5, 5.41) is 2.97. The lowest BCUT2D eigenvalue weighted by Crippen LogP contribution is -2.22. The maximum absolute atomic E-state index is 12.2. The Morgan fingerprint density at radius 2 is 2.16 bits per heavy atom. The Bertz CT molecular complexity index is 421. The zero-order valence-corrected chi connectivity index (χ0v) is 13.4. The Labute approximate surface area is 123 Å². The third kappa shape index (κ3) is 4.86. The summed E-state index contributed by atoms with van der Waals surface area (Å²) in [5.41, 5.74) is 0.719. The summed E-state index contributed by atoms with van der Waals surface area (Å²) < 4.78 is 6.18. The first kappa shape index (κ1) is 16.0. The minimum Gasteiger partial charge on any atom is -0.495 e. The number of hydrogen-bond donors (Lipinski definition) is 1. The van der Waals surface area contributed by atoms with Gasteiger partial charge in [0.2, 0.25) is 5.91 Å². The minimum absolute atomic E-state index is 0.0728. The average molecular weight is 328 g/mol. The molecule has 1 rings (SSSR count). The van der Waals surface area contributed by atoms with Crippen molar-refractivity contribution in [3.05, 3.63) is 22.7 Å².